The van der Waals surface area contributed by atoms with Crippen LogP contribution < -0.4 is 4.31 Å². The van der Waals surface area contributed by atoms with E-state index < -0.39 is 20.0 Å². The molecule has 2 fully saturated rings. The van der Waals surface area contributed by atoms with Crippen molar-refractivity contribution < 1.29 is 16.8 Å². The first kappa shape index (κ1) is 30.5. The number of halogens is 2. The van der Waals surface area contributed by atoms with E-state index in [1.165, 1.54) is 35.0 Å². The molecule has 0 atom stereocenters. The second kappa shape index (κ2) is 13.2. The lowest BCUT2D eigenvalue weighted by atomic mass is 9.89. The van der Waals surface area contributed by atoms with Crippen LogP contribution in [0.3, 0.4) is 0 Å². The summed E-state index contributed by atoms with van der Waals surface area (Å²) >= 11 is 9.60. The monoisotopic (exact) mass is 678 g/mol. The van der Waals surface area contributed by atoms with E-state index in [2.05, 4.69) is 15.9 Å². The van der Waals surface area contributed by atoms with Crippen LogP contribution in [-0.4, -0.2) is 33.7 Å². The Balaban J connectivity index is 1.45. The topological polar surface area (TPSA) is 74.8 Å². The van der Waals surface area contributed by atoms with Gasteiger partial charge in [-0.1, -0.05) is 68.0 Å². The summed E-state index contributed by atoms with van der Waals surface area (Å²) < 4.78 is 59.8. The van der Waals surface area contributed by atoms with Crippen LogP contribution in [0, 0.1) is 5.92 Å². The van der Waals surface area contributed by atoms with E-state index >= 15 is 0 Å². The molecule has 0 amide bonds. The smallest absolute Gasteiger partial charge is 0.264 e. The molecule has 10 heteroatoms. The summed E-state index contributed by atoms with van der Waals surface area (Å²) in [6, 6.07) is 20.2. The molecule has 220 valence electrons. The molecule has 0 aliphatic heterocycles. The van der Waals surface area contributed by atoms with Crippen molar-refractivity contribution in [2.75, 3.05) is 10.8 Å². The summed E-state index contributed by atoms with van der Waals surface area (Å²) in [4.78, 5) is 0.171. The Morgan fingerprint density at radius 2 is 1.27 bits per heavy atom. The van der Waals surface area contributed by atoms with Crippen molar-refractivity contribution in [1.82, 2.24) is 4.31 Å². The van der Waals surface area contributed by atoms with Crippen molar-refractivity contribution in [3.63, 3.8) is 0 Å². The number of benzene rings is 3. The zero-order valence-corrected chi connectivity index (χ0v) is 26.9. The minimum Gasteiger partial charge on any atom is -0.265 e. The average molecular weight is 680 g/mol. The van der Waals surface area contributed by atoms with Gasteiger partial charge in [-0.05, 0) is 102 Å². The highest BCUT2D eigenvalue weighted by atomic mass is 79.9. The molecule has 3 aromatic rings. The molecule has 0 unspecified atom stereocenters. The summed E-state index contributed by atoms with van der Waals surface area (Å²) in [5, 5.41) is 0.598. The molecule has 0 heterocycles. The van der Waals surface area contributed by atoms with E-state index in [1.54, 1.807) is 22.5 Å². The van der Waals surface area contributed by atoms with Crippen molar-refractivity contribution in [1.29, 1.82) is 0 Å². The fourth-order valence-electron chi connectivity index (χ4n) is 6.00. The zero-order chi connectivity index (χ0) is 29.0. The molecule has 2 saturated carbocycles. The highest BCUT2D eigenvalue weighted by Crippen LogP contribution is 2.35. The lowest BCUT2D eigenvalue weighted by molar-refractivity contribution is 0.316. The standard InChI is InChI=1S/C31H36BrClN2O4S2/c32-30-12-6-7-13-31(30)35(23-24-8-2-1-3-9-24)41(38,39)29-20-18-28(19-21-29)40(36,37)34(27-10-4-5-11-27)22-25-14-16-26(33)17-15-25/h6-7,12-21,24,27H,1-5,8-11,22-23H2. The molecule has 2 aliphatic carbocycles. The van der Waals surface area contributed by atoms with E-state index in [4.69, 9.17) is 11.6 Å². The maximum Gasteiger partial charge on any atom is 0.264 e. The van der Waals surface area contributed by atoms with Gasteiger partial charge in [0.2, 0.25) is 10.0 Å². The van der Waals surface area contributed by atoms with Crippen molar-refractivity contribution in [3.8, 4) is 0 Å². The van der Waals surface area contributed by atoms with E-state index in [-0.39, 0.29) is 28.3 Å². The van der Waals surface area contributed by atoms with Gasteiger partial charge in [-0.2, -0.15) is 4.31 Å². The molecule has 5 rings (SSSR count). The predicted octanol–water partition coefficient (Wildman–Crippen LogP) is 8.01. The Kier molecular flexibility index (Phi) is 9.81. The summed E-state index contributed by atoms with van der Waals surface area (Å²) in [6.07, 6.45) is 8.98. The summed E-state index contributed by atoms with van der Waals surface area (Å²) in [5.41, 5.74) is 1.45. The van der Waals surface area contributed by atoms with Gasteiger partial charge in [0.25, 0.3) is 10.0 Å². The first-order valence-electron chi connectivity index (χ1n) is 14.3. The van der Waals surface area contributed by atoms with Gasteiger partial charge >= 0.3 is 0 Å². The van der Waals surface area contributed by atoms with Gasteiger partial charge in [-0.3, -0.25) is 4.31 Å². The van der Waals surface area contributed by atoms with Gasteiger partial charge in [0, 0.05) is 28.6 Å². The third-order valence-electron chi connectivity index (χ3n) is 8.27. The highest BCUT2D eigenvalue weighted by Gasteiger charge is 2.34. The van der Waals surface area contributed by atoms with E-state index in [9.17, 15) is 16.8 Å². The van der Waals surface area contributed by atoms with E-state index in [0.717, 1.165) is 56.9 Å². The molecule has 0 bridgehead atoms. The molecule has 0 saturated heterocycles. The molecular formula is C31H36BrClN2O4S2. The maximum absolute atomic E-state index is 14.1. The summed E-state index contributed by atoms with van der Waals surface area (Å²) in [5.74, 6) is 0.276. The minimum absolute atomic E-state index is 0.0770. The van der Waals surface area contributed by atoms with Crippen LogP contribution >= 0.6 is 27.5 Å². The van der Waals surface area contributed by atoms with Crippen LogP contribution in [0.4, 0.5) is 5.69 Å². The Hall–Kier alpha value is -1.91. The van der Waals surface area contributed by atoms with Crippen LogP contribution in [0.1, 0.15) is 63.4 Å². The van der Waals surface area contributed by atoms with Crippen molar-refractivity contribution in [2.45, 2.75) is 80.2 Å². The molecule has 0 N–H and O–H groups in total. The van der Waals surface area contributed by atoms with Crippen LogP contribution in [0.5, 0.6) is 0 Å². The molecule has 3 aromatic carbocycles. The van der Waals surface area contributed by atoms with Gasteiger partial charge < -0.3 is 0 Å². The average Bonchev–Trinajstić information content (AvgIpc) is 3.51. The normalized spacial score (nSPS) is 17.2. The molecule has 0 aromatic heterocycles. The maximum atomic E-state index is 14.1. The number of sulfonamides is 2. The Morgan fingerprint density at radius 3 is 1.88 bits per heavy atom. The highest BCUT2D eigenvalue weighted by molar-refractivity contribution is 9.10. The van der Waals surface area contributed by atoms with E-state index in [0.29, 0.717) is 21.7 Å². The fourth-order valence-corrected chi connectivity index (χ4v) is 9.98. The predicted molar refractivity (Wildman–Crippen MR) is 168 cm³/mol. The second-order valence-corrected chi connectivity index (χ2v) is 16.1. The number of nitrogens with zero attached hydrogens (tertiary/aromatic N) is 2. The van der Waals surface area contributed by atoms with E-state index in [1.807, 2.05) is 30.3 Å². The Morgan fingerprint density at radius 1 is 0.707 bits per heavy atom. The fraction of sp³-hybridized carbons (Fsp3) is 0.419. The summed E-state index contributed by atoms with van der Waals surface area (Å²) in [7, 11) is -7.82. The molecule has 6 nitrogen and oxygen atoms in total. The van der Waals surface area contributed by atoms with Crippen molar-refractivity contribution >= 4 is 53.3 Å². The van der Waals surface area contributed by atoms with Crippen LogP contribution in [-0.2, 0) is 26.6 Å². The molecule has 0 spiro atoms. The first-order chi connectivity index (χ1) is 19.7. The first-order valence-corrected chi connectivity index (χ1v) is 18.3. The quantitative estimate of drug-likeness (QED) is 0.218. The van der Waals surface area contributed by atoms with Crippen LogP contribution in [0.25, 0.3) is 0 Å². The van der Waals surface area contributed by atoms with Crippen molar-refractivity contribution in [2.24, 2.45) is 5.92 Å². The van der Waals surface area contributed by atoms with Gasteiger partial charge in [0.15, 0.2) is 0 Å². The summed E-state index contributed by atoms with van der Waals surface area (Å²) in [6.45, 7) is 0.628. The Bertz CT molecular complexity index is 1540. The van der Waals surface area contributed by atoms with Crippen molar-refractivity contribution in [3.05, 3.63) is 87.9 Å². The molecular weight excluding hydrogens is 644 g/mol. The largest absolute Gasteiger partial charge is 0.265 e. The third kappa shape index (κ3) is 7.02. The van der Waals surface area contributed by atoms with Gasteiger partial charge in [0.05, 0.1) is 15.5 Å². The second-order valence-electron chi connectivity index (χ2n) is 11.1. The number of anilines is 1. The molecule has 0 radical (unpaired) electrons. The number of hydrogen-bond acceptors (Lipinski definition) is 4. The molecule has 2 aliphatic rings. The van der Waals surface area contributed by atoms with Gasteiger partial charge in [-0.25, -0.2) is 16.8 Å². The lowest BCUT2D eigenvalue weighted by Gasteiger charge is -2.31. The zero-order valence-electron chi connectivity index (χ0n) is 23.0. The number of hydrogen-bond donors (Lipinski definition) is 0. The lowest BCUT2D eigenvalue weighted by Crippen LogP contribution is -2.38. The van der Waals surface area contributed by atoms with Gasteiger partial charge in [-0.15, -0.1) is 0 Å². The molecule has 41 heavy (non-hydrogen) atoms. The SMILES string of the molecule is O=S(=O)(c1ccc(S(=O)(=O)N(Cc2ccc(Cl)cc2)C2CCCC2)cc1)N(CC1CCCCC1)c1ccccc1Br. The number of rotatable bonds is 10. The van der Waals surface area contributed by atoms with Crippen LogP contribution in [0.2, 0.25) is 5.02 Å². The van der Waals surface area contributed by atoms with Gasteiger partial charge in [0.1, 0.15) is 0 Å². The minimum atomic E-state index is -3.94. The number of para-hydroxylation sites is 1. The van der Waals surface area contributed by atoms with Crippen LogP contribution in [0.15, 0.2) is 87.1 Å². The Labute approximate surface area is 257 Å². The third-order valence-corrected chi connectivity index (χ3v) is 12.9.